The highest BCUT2D eigenvalue weighted by Gasteiger charge is 2.09. The third kappa shape index (κ3) is 2.09. The summed E-state index contributed by atoms with van der Waals surface area (Å²) in [6.45, 7) is 0. The van der Waals surface area contributed by atoms with Crippen LogP contribution in [0, 0.1) is 11.3 Å². The van der Waals surface area contributed by atoms with Crippen molar-refractivity contribution < 1.29 is 4.74 Å². The summed E-state index contributed by atoms with van der Waals surface area (Å²) in [5, 5.41) is 12.0. The number of ether oxygens (including phenoxy) is 1. The molecule has 1 aromatic carbocycles. The Labute approximate surface area is 105 Å². The van der Waals surface area contributed by atoms with Gasteiger partial charge in [0.1, 0.15) is 17.5 Å². The predicted molar refractivity (Wildman–Crippen MR) is 68.3 cm³/mol. The molecule has 5 heteroatoms. The van der Waals surface area contributed by atoms with Crippen molar-refractivity contribution in [3.05, 3.63) is 36.2 Å². The van der Waals surface area contributed by atoms with Crippen LogP contribution in [0.4, 0.5) is 5.82 Å². The van der Waals surface area contributed by atoms with E-state index in [1.54, 1.807) is 31.6 Å². The van der Waals surface area contributed by atoms with Gasteiger partial charge in [-0.2, -0.15) is 5.26 Å². The zero-order valence-corrected chi connectivity index (χ0v) is 10.1. The Kier molecular flexibility index (Phi) is 3.39. The van der Waals surface area contributed by atoms with Gasteiger partial charge in [-0.15, -0.1) is 0 Å². The number of hydrogen-bond donors (Lipinski definition) is 1. The fraction of sp³-hybridized carbons (Fsp3) is 0.154. The van der Waals surface area contributed by atoms with E-state index >= 15 is 0 Å². The normalized spacial score (nSPS) is 9.61. The van der Waals surface area contributed by atoms with Gasteiger partial charge in [0.25, 0.3) is 0 Å². The van der Waals surface area contributed by atoms with Crippen molar-refractivity contribution in [3.63, 3.8) is 0 Å². The Morgan fingerprint density at radius 3 is 2.72 bits per heavy atom. The molecule has 2 aromatic rings. The topological polar surface area (TPSA) is 70.8 Å². The Balaban J connectivity index is 2.55. The minimum Gasteiger partial charge on any atom is -0.495 e. The summed E-state index contributed by atoms with van der Waals surface area (Å²) in [6, 6.07) is 7.44. The number of rotatable bonds is 3. The van der Waals surface area contributed by atoms with E-state index in [0.29, 0.717) is 22.8 Å². The number of aromatic nitrogens is 2. The van der Waals surface area contributed by atoms with E-state index in [-0.39, 0.29) is 0 Å². The third-order valence-electron chi connectivity index (χ3n) is 2.53. The van der Waals surface area contributed by atoms with Crippen molar-refractivity contribution in [1.29, 1.82) is 5.26 Å². The van der Waals surface area contributed by atoms with Crippen molar-refractivity contribution in [2.45, 2.75) is 0 Å². The lowest BCUT2D eigenvalue weighted by atomic mass is 10.1. The van der Waals surface area contributed by atoms with Crippen molar-refractivity contribution in [1.82, 2.24) is 9.97 Å². The summed E-state index contributed by atoms with van der Waals surface area (Å²) in [6.07, 6.45) is 3.23. The van der Waals surface area contributed by atoms with Crippen LogP contribution < -0.4 is 10.1 Å². The van der Waals surface area contributed by atoms with Gasteiger partial charge in [-0.1, -0.05) is 0 Å². The number of benzene rings is 1. The maximum atomic E-state index is 9.07. The van der Waals surface area contributed by atoms with Crippen molar-refractivity contribution in [2.24, 2.45) is 0 Å². The molecule has 5 nitrogen and oxygen atoms in total. The first-order valence-electron chi connectivity index (χ1n) is 5.37. The van der Waals surface area contributed by atoms with Gasteiger partial charge < -0.3 is 10.1 Å². The summed E-state index contributed by atoms with van der Waals surface area (Å²) >= 11 is 0. The average molecular weight is 240 g/mol. The second-order valence-corrected chi connectivity index (χ2v) is 3.53. The van der Waals surface area contributed by atoms with Crippen molar-refractivity contribution in [3.8, 4) is 23.1 Å². The second-order valence-electron chi connectivity index (χ2n) is 3.53. The van der Waals surface area contributed by atoms with Crippen molar-refractivity contribution >= 4 is 5.82 Å². The molecule has 1 N–H and O–H groups in total. The largest absolute Gasteiger partial charge is 0.495 e. The van der Waals surface area contributed by atoms with Crippen LogP contribution in [0.1, 0.15) is 5.56 Å². The maximum absolute atomic E-state index is 9.07. The number of methoxy groups -OCH3 is 1. The Morgan fingerprint density at radius 1 is 1.28 bits per heavy atom. The molecule has 0 saturated heterocycles. The van der Waals surface area contributed by atoms with Crippen LogP contribution in [0.25, 0.3) is 11.3 Å². The lowest BCUT2D eigenvalue weighted by Crippen LogP contribution is -1.98. The average Bonchev–Trinajstić information content (AvgIpc) is 2.46. The fourth-order valence-electron chi connectivity index (χ4n) is 1.67. The summed E-state index contributed by atoms with van der Waals surface area (Å²) in [7, 11) is 3.32. The summed E-state index contributed by atoms with van der Waals surface area (Å²) in [5.74, 6) is 1.22. The third-order valence-corrected chi connectivity index (χ3v) is 2.53. The van der Waals surface area contributed by atoms with E-state index in [1.165, 1.54) is 7.11 Å². The van der Waals surface area contributed by atoms with Gasteiger partial charge >= 0.3 is 0 Å². The molecule has 18 heavy (non-hydrogen) atoms. The molecule has 0 aliphatic carbocycles. The molecule has 90 valence electrons. The Morgan fingerprint density at radius 2 is 2.06 bits per heavy atom. The summed E-state index contributed by atoms with van der Waals surface area (Å²) in [5.41, 5.74) is 2.01. The molecule has 0 amide bonds. The zero-order chi connectivity index (χ0) is 13.0. The van der Waals surface area contributed by atoms with Gasteiger partial charge in [0.05, 0.1) is 12.7 Å². The molecule has 1 aromatic heterocycles. The number of nitriles is 1. The minimum absolute atomic E-state index is 0.475. The van der Waals surface area contributed by atoms with Crippen LogP contribution in [0.3, 0.4) is 0 Å². The van der Waals surface area contributed by atoms with E-state index in [2.05, 4.69) is 21.4 Å². The number of nitrogens with one attached hydrogen (secondary N) is 1. The first-order valence-corrected chi connectivity index (χ1v) is 5.37. The highest BCUT2D eigenvalue weighted by atomic mass is 16.5. The number of hydrogen-bond acceptors (Lipinski definition) is 5. The lowest BCUT2D eigenvalue weighted by molar-refractivity contribution is 0.413. The smallest absolute Gasteiger partial charge is 0.152 e. The maximum Gasteiger partial charge on any atom is 0.152 e. The first-order chi connectivity index (χ1) is 8.80. The zero-order valence-electron chi connectivity index (χ0n) is 10.1. The molecule has 0 atom stereocenters. The molecule has 0 fully saturated rings. The van der Waals surface area contributed by atoms with Crippen LogP contribution in [0.5, 0.6) is 5.75 Å². The van der Waals surface area contributed by atoms with E-state index in [0.717, 1.165) is 5.56 Å². The highest BCUT2D eigenvalue weighted by molar-refractivity contribution is 5.73. The van der Waals surface area contributed by atoms with Gasteiger partial charge in [-0.3, -0.25) is 4.98 Å². The molecule has 0 radical (unpaired) electrons. The monoisotopic (exact) mass is 240 g/mol. The van der Waals surface area contributed by atoms with Gasteiger partial charge in [-0.25, -0.2) is 4.98 Å². The van der Waals surface area contributed by atoms with Crippen molar-refractivity contribution in [2.75, 3.05) is 19.5 Å². The summed E-state index contributed by atoms with van der Waals surface area (Å²) < 4.78 is 5.11. The molecule has 0 spiro atoms. The summed E-state index contributed by atoms with van der Waals surface area (Å²) in [4.78, 5) is 8.46. The second kappa shape index (κ2) is 5.15. The molecule has 1 heterocycles. The van der Waals surface area contributed by atoms with E-state index in [1.807, 2.05) is 6.07 Å². The van der Waals surface area contributed by atoms with Crippen LogP contribution in [-0.2, 0) is 0 Å². The Bertz CT molecular complexity index is 604. The molecular formula is C13H12N4O. The van der Waals surface area contributed by atoms with Gasteiger partial charge in [-0.05, 0) is 18.2 Å². The molecule has 0 saturated carbocycles. The fourth-order valence-corrected chi connectivity index (χ4v) is 1.67. The first kappa shape index (κ1) is 11.9. The quantitative estimate of drug-likeness (QED) is 0.889. The molecule has 0 aliphatic heterocycles. The molecule has 0 bridgehead atoms. The van der Waals surface area contributed by atoms with E-state index in [4.69, 9.17) is 10.00 Å². The lowest BCUT2D eigenvalue weighted by Gasteiger charge is -2.08. The van der Waals surface area contributed by atoms with Gasteiger partial charge in [0.15, 0.2) is 5.82 Å². The molecule has 2 rings (SSSR count). The standard InChI is InChI=1S/C13H12N4O/c1-15-13-12(16-5-6-17-13)9-3-4-11(18-2)10(7-9)8-14/h3-7H,1-2H3,(H,15,17). The van der Waals surface area contributed by atoms with E-state index in [9.17, 15) is 0 Å². The number of nitrogens with zero attached hydrogens (tertiary/aromatic N) is 3. The molecule has 0 aliphatic rings. The van der Waals surface area contributed by atoms with Crippen LogP contribution in [0.2, 0.25) is 0 Å². The highest BCUT2D eigenvalue weighted by Crippen LogP contribution is 2.28. The van der Waals surface area contributed by atoms with Crippen LogP contribution >= 0.6 is 0 Å². The molecular weight excluding hydrogens is 228 g/mol. The SMILES string of the molecule is CNc1nccnc1-c1ccc(OC)c(C#N)c1. The molecule has 0 unspecified atom stereocenters. The van der Waals surface area contributed by atoms with E-state index < -0.39 is 0 Å². The minimum atomic E-state index is 0.475. The predicted octanol–water partition coefficient (Wildman–Crippen LogP) is 2.07. The van der Waals surface area contributed by atoms with Gasteiger partial charge in [0, 0.05) is 25.0 Å². The number of anilines is 1. The van der Waals surface area contributed by atoms with Crippen LogP contribution in [0.15, 0.2) is 30.6 Å². The Hall–Kier alpha value is -2.61. The van der Waals surface area contributed by atoms with Gasteiger partial charge in [0.2, 0.25) is 0 Å². The van der Waals surface area contributed by atoms with Crippen LogP contribution in [-0.4, -0.2) is 24.1 Å².